The number of carbonyl (C=O) groups excluding carboxylic acids is 1. The SMILES string of the molecule is C=C(C)C(=O)OCCOCC[N+](C)(C)CC. The van der Waals surface area contributed by atoms with E-state index in [9.17, 15) is 4.79 Å². The monoisotopic (exact) mass is 230 g/mol. The Morgan fingerprint density at radius 3 is 2.38 bits per heavy atom. The molecule has 0 radical (unpaired) electrons. The summed E-state index contributed by atoms with van der Waals surface area (Å²) in [7, 11) is 4.31. The molecule has 0 atom stereocenters. The highest BCUT2D eigenvalue weighted by Crippen LogP contribution is 1.95. The number of ether oxygens (including phenoxy) is 2. The zero-order chi connectivity index (χ0) is 12.6. The van der Waals surface area contributed by atoms with Gasteiger partial charge in [0.05, 0.1) is 33.9 Å². The number of hydrogen-bond donors (Lipinski definition) is 0. The molecule has 0 aromatic heterocycles. The fourth-order valence-corrected chi connectivity index (χ4v) is 0.888. The first-order valence-corrected chi connectivity index (χ1v) is 5.61. The second kappa shape index (κ2) is 7.41. The summed E-state index contributed by atoms with van der Waals surface area (Å²) >= 11 is 0. The Hall–Kier alpha value is -0.870. The van der Waals surface area contributed by atoms with Gasteiger partial charge in [-0.25, -0.2) is 4.79 Å². The van der Waals surface area contributed by atoms with E-state index in [0.29, 0.717) is 25.4 Å². The summed E-state index contributed by atoms with van der Waals surface area (Å²) in [5.74, 6) is -0.353. The Morgan fingerprint density at radius 2 is 1.88 bits per heavy atom. The van der Waals surface area contributed by atoms with Crippen LogP contribution in [0.1, 0.15) is 13.8 Å². The molecule has 0 unspecified atom stereocenters. The van der Waals surface area contributed by atoms with Crippen LogP contribution in [0.15, 0.2) is 12.2 Å². The number of nitrogens with zero attached hydrogens (tertiary/aromatic N) is 1. The van der Waals surface area contributed by atoms with Crippen LogP contribution in [0.5, 0.6) is 0 Å². The molecule has 16 heavy (non-hydrogen) atoms. The van der Waals surface area contributed by atoms with Crippen LogP contribution in [0.4, 0.5) is 0 Å². The van der Waals surface area contributed by atoms with Gasteiger partial charge in [0, 0.05) is 5.57 Å². The standard InChI is InChI=1S/C12H24NO3/c1-6-13(4,5)7-8-15-9-10-16-12(14)11(2)3/h2,6-10H2,1,3-5H3/q+1. The van der Waals surface area contributed by atoms with Gasteiger partial charge in [-0.3, -0.25) is 0 Å². The number of carbonyl (C=O) groups is 1. The third-order valence-corrected chi connectivity index (χ3v) is 2.51. The summed E-state index contributed by atoms with van der Waals surface area (Å²) in [6.07, 6.45) is 0. The average molecular weight is 230 g/mol. The lowest BCUT2D eigenvalue weighted by atomic mass is 10.4. The van der Waals surface area contributed by atoms with Crippen LogP contribution < -0.4 is 0 Å². The summed E-state index contributed by atoms with van der Waals surface area (Å²) in [5, 5.41) is 0. The Labute approximate surface area is 98.4 Å². The van der Waals surface area contributed by atoms with Crippen molar-refractivity contribution in [3.63, 3.8) is 0 Å². The van der Waals surface area contributed by atoms with Gasteiger partial charge in [-0.2, -0.15) is 0 Å². The first-order valence-electron chi connectivity index (χ1n) is 5.61. The quantitative estimate of drug-likeness (QED) is 0.272. The lowest BCUT2D eigenvalue weighted by Crippen LogP contribution is -2.42. The molecule has 0 aliphatic carbocycles. The largest absolute Gasteiger partial charge is 0.460 e. The number of hydrogen-bond acceptors (Lipinski definition) is 3. The van der Waals surface area contributed by atoms with Crippen LogP contribution in [0, 0.1) is 0 Å². The molecule has 0 aliphatic heterocycles. The molecule has 0 N–H and O–H groups in total. The number of quaternary nitrogens is 1. The number of esters is 1. The van der Waals surface area contributed by atoms with Gasteiger partial charge in [0.2, 0.25) is 0 Å². The summed E-state index contributed by atoms with van der Waals surface area (Å²) in [4.78, 5) is 11.0. The van der Waals surface area contributed by atoms with Crippen LogP contribution in [0.25, 0.3) is 0 Å². The first kappa shape index (κ1) is 15.1. The summed E-state index contributed by atoms with van der Waals surface area (Å²) in [5.41, 5.74) is 0.420. The molecule has 0 spiro atoms. The van der Waals surface area contributed by atoms with Crippen molar-refractivity contribution in [2.75, 3.05) is 47.0 Å². The molecule has 0 rings (SSSR count). The second-order valence-electron chi connectivity index (χ2n) is 4.50. The van der Waals surface area contributed by atoms with Crippen molar-refractivity contribution in [3.8, 4) is 0 Å². The summed E-state index contributed by atoms with van der Waals surface area (Å²) in [6, 6.07) is 0. The molecule has 0 aromatic rings. The maximum Gasteiger partial charge on any atom is 0.333 e. The third-order valence-electron chi connectivity index (χ3n) is 2.51. The second-order valence-corrected chi connectivity index (χ2v) is 4.50. The van der Waals surface area contributed by atoms with Gasteiger partial charge in [0.1, 0.15) is 13.2 Å². The summed E-state index contributed by atoms with van der Waals surface area (Å²) in [6.45, 7) is 10.7. The molecule has 0 bridgehead atoms. The van der Waals surface area contributed by atoms with Crippen molar-refractivity contribution in [2.45, 2.75) is 13.8 Å². The Morgan fingerprint density at radius 1 is 1.25 bits per heavy atom. The molecule has 0 aliphatic rings. The normalized spacial score (nSPS) is 11.2. The highest BCUT2D eigenvalue weighted by Gasteiger charge is 2.10. The van der Waals surface area contributed by atoms with Crippen LogP contribution >= 0.6 is 0 Å². The van der Waals surface area contributed by atoms with Crippen LogP contribution in [0.2, 0.25) is 0 Å². The van der Waals surface area contributed by atoms with Crippen molar-refractivity contribution in [1.29, 1.82) is 0 Å². The molecule has 94 valence electrons. The third kappa shape index (κ3) is 7.43. The molecule has 0 amide bonds. The predicted octanol–water partition coefficient (Wildman–Crippen LogP) is 1.22. The molecule has 0 saturated carbocycles. The van der Waals surface area contributed by atoms with Crippen molar-refractivity contribution in [2.24, 2.45) is 0 Å². The molecule has 0 fully saturated rings. The van der Waals surface area contributed by atoms with Crippen LogP contribution in [0.3, 0.4) is 0 Å². The molecule has 4 heteroatoms. The van der Waals surface area contributed by atoms with E-state index in [0.717, 1.165) is 17.6 Å². The fraction of sp³-hybridized carbons (Fsp3) is 0.750. The van der Waals surface area contributed by atoms with E-state index in [4.69, 9.17) is 9.47 Å². The van der Waals surface area contributed by atoms with Gasteiger partial charge >= 0.3 is 5.97 Å². The first-order chi connectivity index (χ1) is 7.39. The van der Waals surface area contributed by atoms with Gasteiger partial charge in [0.15, 0.2) is 0 Å². The van der Waals surface area contributed by atoms with Gasteiger partial charge in [-0.15, -0.1) is 0 Å². The Bertz CT molecular complexity index is 236. The van der Waals surface area contributed by atoms with Gasteiger partial charge in [-0.1, -0.05) is 6.58 Å². The summed E-state index contributed by atoms with van der Waals surface area (Å²) < 4.78 is 11.2. The van der Waals surface area contributed by atoms with Gasteiger partial charge in [-0.05, 0) is 13.8 Å². The van der Waals surface area contributed by atoms with E-state index < -0.39 is 0 Å². The highest BCUT2D eigenvalue weighted by molar-refractivity contribution is 5.86. The predicted molar refractivity (Wildman–Crippen MR) is 64.1 cm³/mol. The Balaban J connectivity index is 3.41. The molecular formula is C12H24NO3+. The minimum atomic E-state index is -0.353. The maximum atomic E-state index is 11.0. The van der Waals surface area contributed by atoms with E-state index in [2.05, 4.69) is 27.6 Å². The zero-order valence-electron chi connectivity index (χ0n) is 10.9. The van der Waals surface area contributed by atoms with Crippen molar-refractivity contribution < 1.29 is 18.8 Å². The molecular weight excluding hydrogens is 206 g/mol. The lowest BCUT2D eigenvalue weighted by molar-refractivity contribution is -0.888. The average Bonchev–Trinajstić information content (AvgIpc) is 2.22. The van der Waals surface area contributed by atoms with Crippen LogP contribution in [-0.2, 0) is 14.3 Å². The molecule has 0 saturated heterocycles. The topological polar surface area (TPSA) is 35.5 Å². The van der Waals surface area contributed by atoms with E-state index in [1.807, 2.05) is 0 Å². The van der Waals surface area contributed by atoms with Crippen LogP contribution in [-0.4, -0.2) is 57.5 Å². The number of likely N-dealkylation sites (N-methyl/N-ethyl adjacent to an activating group) is 1. The number of rotatable bonds is 8. The molecule has 0 heterocycles. The van der Waals surface area contributed by atoms with E-state index in [-0.39, 0.29) is 5.97 Å². The Kier molecular flexibility index (Phi) is 7.01. The minimum Gasteiger partial charge on any atom is -0.460 e. The van der Waals surface area contributed by atoms with E-state index in [1.54, 1.807) is 6.92 Å². The van der Waals surface area contributed by atoms with E-state index >= 15 is 0 Å². The van der Waals surface area contributed by atoms with E-state index in [1.165, 1.54) is 0 Å². The van der Waals surface area contributed by atoms with Crippen molar-refractivity contribution >= 4 is 5.97 Å². The fourth-order valence-electron chi connectivity index (χ4n) is 0.888. The highest BCUT2D eigenvalue weighted by atomic mass is 16.6. The minimum absolute atomic E-state index is 0.297. The van der Waals surface area contributed by atoms with Gasteiger partial charge in [0.25, 0.3) is 0 Å². The van der Waals surface area contributed by atoms with Crippen molar-refractivity contribution in [3.05, 3.63) is 12.2 Å². The van der Waals surface area contributed by atoms with Crippen molar-refractivity contribution in [1.82, 2.24) is 0 Å². The zero-order valence-corrected chi connectivity index (χ0v) is 10.9. The molecule has 4 nitrogen and oxygen atoms in total. The van der Waals surface area contributed by atoms with Gasteiger partial charge < -0.3 is 14.0 Å². The lowest BCUT2D eigenvalue weighted by Gasteiger charge is -2.27. The molecule has 0 aromatic carbocycles. The maximum absolute atomic E-state index is 11.0. The smallest absolute Gasteiger partial charge is 0.333 e.